The molecule has 1 fully saturated rings. The molecule has 2 N–H and O–H groups in total. The molecule has 1 rings (SSSR count). The number of hydrogen-bond donors (Lipinski definition) is 1. The summed E-state index contributed by atoms with van der Waals surface area (Å²) in [5.74, 6) is 1.80. The molecule has 132 valence electrons. The van der Waals surface area contributed by atoms with Gasteiger partial charge in [-0.25, -0.2) is 0 Å². The van der Waals surface area contributed by atoms with Crippen LogP contribution in [0.15, 0.2) is 0 Å². The maximum absolute atomic E-state index is 10.1. The van der Waals surface area contributed by atoms with Crippen LogP contribution in [0.2, 0.25) is 0 Å². The SMILES string of the molecule is CCC(=O)CN.CCCOCCOCCN1CC(C)C(C)C1. The summed E-state index contributed by atoms with van der Waals surface area (Å²) in [6, 6.07) is 0. The van der Waals surface area contributed by atoms with Gasteiger partial charge in [0.15, 0.2) is 0 Å². The second-order valence-electron chi connectivity index (χ2n) is 6.04. The highest BCUT2D eigenvalue weighted by Gasteiger charge is 2.25. The quantitative estimate of drug-likeness (QED) is 0.624. The zero-order valence-corrected chi connectivity index (χ0v) is 15.0. The van der Waals surface area contributed by atoms with Crippen molar-refractivity contribution in [3.8, 4) is 0 Å². The number of likely N-dealkylation sites (tertiary alicyclic amines) is 1. The lowest BCUT2D eigenvalue weighted by Gasteiger charge is -2.15. The van der Waals surface area contributed by atoms with Gasteiger partial charge in [-0.05, 0) is 18.3 Å². The van der Waals surface area contributed by atoms with E-state index in [2.05, 4.69) is 25.7 Å². The predicted octanol–water partition coefficient (Wildman–Crippen LogP) is 1.94. The molecule has 0 aromatic heterocycles. The minimum atomic E-state index is 0.120. The summed E-state index contributed by atoms with van der Waals surface area (Å²) in [7, 11) is 0. The molecule has 2 atom stereocenters. The van der Waals surface area contributed by atoms with Crippen molar-refractivity contribution < 1.29 is 14.3 Å². The van der Waals surface area contributed by atoms with Crippen molar-refractivity contribution >= 4 is 5.78 Å². The van der Waals surface area contributed by atoms with Crippen molar-refractivity contribution in [2.75, 3.05) is 52.6 Å². The maximum Gasteiger partial charge on any atom is 0.146 e. The minimum Gasteiger partial charge on any atom is -0.379 e. The average molecular weight is 316 g/mol. The van der Waals surface area contributed by atoms with Crippen LogP contribution in [0.4, 0.5) is 0 Å². The molecule has 0 aromatic rings. The number of carbonyl (C=O) groups is 1. The Bertz CT molecular complexity index is 259. The first kappa shape index (κ1) is 21.5. The highest BCUT2D eigenvalue weighted by atomic mass is 16.5. The Labute approximate surface area is 136 Å². The monoisotopic (exact) mass is 316 g/mol. The smallest absolute Gasteiger partial charge is 0.146 e. The fraction of sp³-hybridized carbons (Fsp3) is 0.941. The van der Waals surface area contributed by atoms with Crippen LogP contribution in [0.5, 0.6) is 0 Å². The molecule has 0 aromatic carbocycles. The fourth-order valence-corrected chi connectivity index (χ4v) is 2.24. The second-order valence-corrected chi connectivity index (χ2v) is 6.04. The Balaban J connectivity index is 0.000000626. The third-order valence-electron chi connectivity index (χ3n) is 3.96. The third-order valence-corrected chi connectivity index (χ3v) is 3.96. The molecule has 1 aliphatic rings. The number of nitrogens with zero attached hydrogens (tertiary/aromatic N) is 1. The number of Topliss-reactive ketones (excluding diaryl/α,β-unsaturated/α-hetero) is 1. The number of ketones is 1. The van der Waals surface area contributed by atoms with E-state index in [1.165, 1.54) is 13.1 Å². The van der Waals surface area contributed by atoms with E-state index in [1.807, 2.05) is 0 Å². The molecular formula is C17H36N2O3. The number of hydrogen-bond acceptors (Lipinski definition) is 5. The van der Waals surface area contributed by atoms with E-state index in [9.17, 15) is 4.79 Å². The average Bonchev–Trinajstić information content (AvgIpc) is 2.84. The summed E-state index contributed by atoms with van der Waals surface area (Å²) >= 11 is 0. The molecule has 0 bridgehead atoms. The lowest BCUT2D eigenvalue weighted by atomic mass is 10.0. The summed E-state index contributed by atoms with van der Waals surface area (Å²) in [4.78, 5) is 12.6. The summed E-state index contributed by atoms with van der Waals surface area (Å²) in [5.41, 5.74) is 4.93. The highest BCUT2D eigenvalue weighted by Crippen LogP contribution is 2.21. The van der Waals surface area contributed by atoms with Crippen molar-refractivity contribution in [1.82, 2.24) is 4.90 Å². The van der Waals surface area contributed by atoms with Gasteiger partial charge in [-0.15, -0.1) is 0 Å². The van der Waals surface area contributed by atoms with E-state index in [4.69, 9.17) is 15.2 Å². The van der Waals surface area contributed by atoms with Gasteiger partial charge in [-0.1, -0.05) is 27.7 Å². The van der Waals surface area contributed by atoms with Crippen LogP contribution in [0.1, 0.15) is 40.5 Å². The van der Waals surface area contributed by atoms with E-state index in [0.717, 1.165) is 51.2 Å². The van der Waals surface area contributed by atoms with E-state index in [1.54, 1.807) is 6.92 Å². The van der Waals surface area contributed by atoms with Gasteiger partial charge < -0.3 is 20.1 Å². The molecule has 5 nitrogen and oxygen atoms in total. The van der Waals surface area contributed by atoms with Gasteiger partial charge in [-0.3, -0.25) is 4.79 Å². The Morgan fingerprint density at radius 3 is 2.00 bits per heavy atom. The Kier molecular flexibility index (Phi) is 13.8. The van der Waals surface area contributed by atoms with Crippen LogP contribution in [-0.4, -0.2) is 63.3 Å². The summed E-state index contributed by atoms with van der Waals surface area (Å²) in [6.07, 6.45) is 1.65. The number of ether oxygens (including phenoxy) is 2. The molecule has 0 radical (unpaired) electrons. The lowest BCUT2D eigenvalue weighted by molar-refractivity contribution is -0.117. The van der Waals surface area contributed by atoms with Gasteiger partial charge >= 0.3 is 0 Å². The van der Waals surface area contributed by atoms with E-state index in [-0.39, 0.29) is 12.3 Å². The Hall–Kier alpha value is -0.490. The van der Waals surface area contributed by atoms with Crippen LogP contribution in [0.25, 0.3) is 0 Å². The standard InChI is InChI=1S/C13H27NO2.C4H9NO/c1-4-6-15-8-9-16-7-5-14-10-12(2)13(3)11-14;1-2-4(6)3-5/h12-13H,4-11H2,1-3H3;2-3,5H2,1H3. The van der Waals surface area contributed by atoms with Crippen molar-refractivity contribution in [2.24, 2.45) is 17.6 Å². The summed E-state index contributed by atoms with van der Waals surface area (Å²) in [5, 5.41) is 0. The van der Waals surface area contributed by atoms with Gasteiger partial charge in [0, 0.05) is 32.7 Å². The molecule has 1 heterocycles. The summed E-state index contributed by atoms with van der Waals surface area (Å²) < 4.78 is 10.9. The molecular weight excluding hydrogens is 280 g/mol. The molecule has 5 heteroatoms. The largest absolute Gasteiger partial charge is 0.379 e. The zero-order chi connectivity index (χ0) is 16.8. The van der Waals surface area contributed by atoms with E-state index >= 15 is 0 Å². The molecule has 22 heavy (non-hydrogen) atoms. The van der Waals surface area contributed by atoms with Gasteiger partial charge in [0.05, 0.1) is 26.4 Å². The lowest BCUT2D eigenvalue weighted by Crippen LogP contribution is -2.25. The molecule has 0 aliphatic carbocycles. The van der Waals surface area contributed by atoms with E-state index < -0.39 is 0 Å². The number of rotatable bonds is 10. The van der Waals surface area contributed by atoms with Crippen LogP contribution in [-0.2, 0) is 14.3 Å². The van der Waals surface area contributed by atoms with E-state index in [0.29, 0.717) is 6.42 Å². The predicted molar refractivity (Wildman–Crippen MR) is 91.0 cm³/mol. The van der Waals surface area contributed by atoms with Gasteiger partial charge in [0.1, 0.15) is 5.78 Å². The zero-order valence-electron chi connectivity index (χ0n) is 15.0. The molecule has 1 saturated heterocycles. The Morgan fingerprint density at radius 1 is 1.05 bits per heavy atom. The highest BCUT2D eigenvalue weighted by molar-refractivity contribution is 5.79. The first-order valence-electron chi connectivity index (χ1n) is 8.64. The van der Waals surface area contributed by atoms with Crippen molar-refractivity contribution in [2.45, 2.75) is 40.5 Å². The molecule has 2 unspecified atom stereocenters. The first-order valence-corrected chi connectivity index (χ1v) is 8.64. The van der Waals surface area contributed by atoms with Gasteiger partial charge in [0.25, 0.3) is 0 Å². The number of nitrogens with two attached hydrogens (primary N) is 1. The topological polar surface area (TPSA) is 64.8 Å². The molecule has 0 saturated carbocycles. The minimum absolute atomic E-state index is 0.120. The van der Waals surface area contributed by atoms with Crippen LogP contribution < -0.4 is 5.73 Å². The van der Waals surface area contributed by atoms with Crippen LogP contribution >= 0.6 is 0 Å². The van der Waals surface area contributed by atoms with Crippen molar-refractivity contribution in [3.05, 3.63) is 0 Å². The van der Waals surface area contributed by atoms with Crippen LogP contribution in [0.3, 0.4) is 0 Å². The molecule has 0 spiro atoms. The van der Waals surface area contributed by atoms with Gasteiger partial charge in [-0.2, -0.15) is 0 Å². The molecule has 0 amide bonds. The first-order chi connectivity index (χ1) is 10.5. The van der Waals surface area contributed by atoms with Crippen LogP contribution in [0, 0.1) is 11.8 Å². The van der Waals surface area contributed by atoms with Crippen molar-refractivity contribution in [1.29, 1.82) is 0 Å². The van der Waals surface area contributed by atoms with Crippen molar-refractivity contribution in [3.63, 3.8) is 0 Å². The second kappa shape index (κ2) is 14.1. The maximum atomic E-state index is 10.1. The number of carbonyl (C=O) groups excluding carboxylic acids is 1. The Morgan fingerprint density at radius 2 is 1.59 bits per heavy atom. The third kappa shape index (κ3) is 11.1. The molecule has 1 aliphatic heterocycles. The normalized spacial score (nSPS) is 21.5. The summed E-state index contributed by atoms with van der Waals surface area (Å²) in [6.45, 7) is 15.5. The van der Waals surface area contributed by atoms with Gasteiger partial charge in [0.2, 0.25) is 0 Å². The fourth-order valence-electron chi connectivity index (χ4n) is 2.24.